The second-order valence-electron chi connectivity index (χ2n) is 5.36. The first-order chi connectivity index (χ1) is 10.7. The third-order valence-corrected chi connectivity index (χ3v) is 5.61. The molecule has 22 heavy (non-hydrogen) atoms. The van der Waals surface area contributed by atoms with Crippen molar-refractivity contribution in [3.8, 4) is 0 Å². The average molecular weight is 342 g/mol. The molecule has 0 aromatic carbocycles. The van der Waals surface area contributed by atoms with Crippen LogP contribution in [-0.4, -0.2) is 45.9 Å². The van der Waals surface area contributed by atoms with Crippen molar-refractivity contribution in [2.45, 2.75) is 39.2 Å². The van der Waals surface area contributed by atoms with Crippen LogP contribution in [0.25, 0.3) is 0 Å². The number of carbonyl (C=O) groups excluding carboxylic acids is 2. The van der Waals surface area contributed by atoms with Crippen molar-refractivity contribution in [2.24, 2.45) is 5.92 Å². The van der Waals surface area contributed by atoms with Gasteiger partial charge < -0.3 is 10.2 Å². The van der Waals surface area contributed by atoms with Gasteiger partial charge in [0, 0.05) is 30.0 Å². The molecule has 0 aliphatic carbocycles. The lowest BCUT2D eigenvalue weighted by molar-refractivity contribution is -0.141. The monoisotopic (exact) mass is 341 g/mol. The Morgan fingerprint density at radius 3 is 2.86 bits per heavy atom. The molecule has 0 saturated carbocycles. The molecule has 0 unspecified atom stereocenters. The molecule has 1 aliphatic rings. The summed E-state index contributed by atoms with van der Waals surface area (Å²) in [6.07, 6.45) is 2.39. The van der Waals surface area contributed by atoms with Crippen LogP contribution in [0.15, 0.2) is 10.9 Å². The van der Waals surface area contributed by atoms with Crippen molar-refractivity contribution in [1.82, 2.24) is 15.2 Å². The molecule has 1 aliphatic heterocycles. The molecule has 1 aromatic heterocycles. The summed E-state index contributed by atoms with van der Waals surface area (Å²) in [5.74, 6) is 1.42. The van der Waals surface area contributed by atoms with Crippen molar-refractivity contribution >= 4 is 34.9 Å². The van der Waals surface area contributed by atoms with E-state index in [0.717, 1.165) is 25.0 Å². The van der Waals surface area contributed by atoms with E-state index >= 15 is 0 Å². The van der Waals surface area contributed by atoms with Gasteiger partial charge in [0.15, 0.2) is 0 Å². The Kier molecular flexibility index (Phi) is 6.70. The van der Waals surface area contributed by atoms with Gasteiger partial charge in [-0.2, -0.15) is 0 Å². The second kappa shape index (κ2) is 8.53. The van der Waals surface area contributed by atoms with Gasteiger partial charge in [0.05, 0.1) is 17.1 Å². The summed E-state index contributed by atoms with van der Waals surface area (Å²) in [6, 6.07) is -0.325. The fraction of sp³-hybridized carbons (Fsp3) is 0.667. The van der Waals surface area contributed by atoms with Gasteiger partial charge >= 0.3 is 0 Å². The van der Waals surface area contributed by atoms with Crippen molar-refractivity contribution < 1.29 is 9.59 Å². The number of nitrogens with one attached hydrogen (secondary N) is 1. The van der Waals surface area contributed by atoms with Crippen molar-refractivity contribution in [1.29, 1.82) is 0 Å². The number of hydrogen-bond acceptors (Lipinski definition) is 5. The Hall–Kier alpha value is -1.08. The Morgan fingerprint density at radius 2 is 2.23 bits per heavy atom. The maximum atomic E-state index is 12.5. The predicted octanol–water partition coefficient (Wildman–Crippen LogP) is 2.14. The molecule has 0 bridgehead atoms. The molecule has 1 N–H and O–H groups in total. The van der Waals surface area contributed by atoms with Gasteiger partial charge in [-0.15, -0.1) is 23.1 Å². The van der Waals surface area contributed by atoms with Gasteiger partial charge in [0.2, 0.25) is 11.8 Å². The topological polar surface area (TPSA) is 62.3 Å². The first kappa shape index (κ1) is 17.3. The summed E-state index contributed by atoms with van der Waals surface area (Å²) in [5.41, 5.74) is 2.79. The Morgan fingerprint density at radius 1 is 1.45 bits per heavy atom. The van der Waals surface area contributed by atoms with E-state index in [-0.39, 0.29) is 23.8 Å². The minimum absolute atomic E-state index is 0.0315. The number of amides is 2. The zero-order valence-electron chi connectivity index (χ0n) is 13.1. The van der Waals surface area contributed by atoms with E-state index in [4.69, 9.17) is 0 Å². The molecule has 2 amide bonds. The number of thiazole rings is 1. The van der Waals surface area contributed by atoms with Crippen LogP contribution in [0.3, 0.4) is 0 Å². The molecule has 2 heterocycles. The number of nitrogens with zero attached hydrogens (tertiary/aromatic N) is 2. The molecule has 1 atom stereocenters. The first-order valence-corrected chi connectivity index (χ1v) is 9.80. The molecule has 122 valence electrons. The number of rotatable bonds is 7. The highest BCUT2D eigenvalue weighted by molar-refractivity contribution is 7.99. The average Bonchev–Trinajstić information content (AvgIpc) is 3.19. The van der Waals surface area contributed by atoms with Crippen LogP contribution < -0.4 is 5.32 Å². The van der Waals surface area contributed by atoms with Crippen LogP contribution in [0.5, 0.6) is 0 Å². The van der Waals surface area contributed by atoms with Gasteiger partial charge in [-0.1, -0.05) is 13.8 Å². The molecule has 2 rings (SSSR count). The number of carbonyl (C=O) groups is 2. The van der Waals surface area contributed by atoms with E-state index in [1.54, 1.807) is 33.5 Å². The number of hydrogen-bond donors (Lipinski definition) is 1. The Labute approximate surface area is 139 Å². The molecular weight excluding hydrogens is 318 g/mol. The van der Waals surface area contributed by atoms with Crippen LogP contribution in [0, 0.1) is 5.92 Å². The van der Waals surface area contributed by atoms with Crippen molar-refractivity contribution in [3.05, 3.63) is 16.6 Å². The quantitative estimate of drug-likeness (QED) is 0.825. The summed E-state index contributed by atoms with van der Waals surface area (Å²) in [6.45, 7) is 4.62. The summed E-state index contributed by atoms with van der Waals surface area (Å²) in [5, 5.41) is 4.93. The van der Waals surface area contributed by atoms with E-state index in [2.05, 4.69) is 10.3 Å². The number of thioether (sulfide) groups is 1. The van der Waals surface area contributed by atoms with E-state index in [1.165, 1.54) is 0 Å². The maximum Gasteiger partial charge on any atom is 0.243 e. The van der Waals surface area contributed by atoms with Crippen LogP contribution in [0.2, 0.25) is 0 Å². The highest BCUT2D eigenvalue weighted by Crippen LogP contribution is 2.25. The number of aromatic nitrogens is 1. The normalized spacial score (nSPS) is 18.0. The summed E-state index contributed by atoms with van der Waals surface area (Å²) >= 11 is 3.21. The Balaban J connectivity index is 1.86. The van der Waals surface area contributed by atoms with E-state index < -0.39 is 0 Å². The van der Waals surface area contributed by atoms with E-state index in [0.29, 0.717) is 18.2 Å². The van der Waals surface area contributed by atoms with E-state index in [1.807, 2.05) is 19.2 Å². The molecule has 5 nitrogen and oxygen atoms in total. The van der Waals surface area contributed by atoms with Crippen LogP contribution in [0.1, 0.15) is 32.4 Å². The zero-order chi connectivity index (χ0) is 15.9. The van der Waals surface area contributed by atoms with E-state index in [9.17, 15) is 9.59 Å². The third kappa shape index (κ3) is 4.23. The molecular formula is C15H23N3O2S2. The first-order valence-electron chi connectivity index (χ1n) is 7.70. The van der Waals surface area contributed by atoms with Crippen molar-refractivity contribution in [3.63, 3.8) is 0 Å². The minimum atomic E-state index is -0.325. The largest absolute Gasteiger partial charge is 0.354 e. The SMILES string of the molecule is CCC(CC)C(=O)N1CSC[C@@H]1C(=O)NCCc1cscn1. The predicted molar refractivity (Wildman–Crippen MR) is 90.9 cm³/mol. The van der Waals surface area contributed by atoms with Gasteiger partial charge in [-0.05, 0) is 12.8 Å². The highest BCUT2D eigenvalue weighted by Gasteiger charge is 2.36. The fourth-order valence-corrected chi connectivity index (χ4v) is 4.30. The fourth-order valence-electron chi connectivity index (χ4n) is 2.54. The standard InChI is InChI=1S/C15H23N3O2S2/c1-3-11(4-2)15(20)18-10-22-8-13(18)14(19)16-6-5-12-7-21-9-17-12/h7,9,11,13H,3-6,8,10H2,1-2H3,(H,16,19)/t13-/m1/s1. The maximum absolute atomic E-state index is 12.5. The molecule has 1 aromatic rings. The van der Waals surface area contributed by atoms with Gasteiger partial charge in [-0.3, -0.25) is 9.59 Å². The smallest absolute Gasteiger partial charge is 0.243 e. The van der Waals surface area contributed by atoms with Gasteiger partial charge in [-0.25, -0.2) is 4.98 Å². The summed E-state index contributed by atoms with van der Waals surface area (Å²) in [4.78, 5) is 30.8. The molecule has 0 radical (unpaired) electrons. The molecule has 1 saturated heterocycles. The van der Waals surface area contributed by atoms with Crippen LogP contribution >= 0.6 is 23.1 Å². The van der Waals surface area contributed by atoms with Gasteiger partial charge in [0.25, 0.3) is 0 Å². The lowest BCUT2D eigenvalue weighted by Gasteiger charge is -2.26. The highest BCUT2D eigenvalue weighted by atomic mass is 32.2. The lowest BCUT2D eigenvalue weighted by atomic mass is 10.0. The molecule has 0 spiro atoms. The minimum Gasteiger partial charge on any atom is -0.354 e. The third-order valence-electron chi connectivity index (χ3n) is 3.97. The molecule has 7 heteroatoms. The van der Waals surface area contributed by atoms with Crippen LogP contribution in [0.4, 0.5) is 0 Å². The Bertz CT molecular complexity index is 489. The molecule has 1 fully saturated rings. The lowest BCUT2D eigenvalue weighted by Crippen LogP contribution is -2.49. The van der Waals surface area contributed by atoms with Crippen molar-refractivity contribution in [2.75, 3.05) is 18.2 Å². The zero-order valence-corrected chi connectivity index (χ0v) is 14.7. The second-order valence-corrected chi connectivity index (χ2v) is 7.08. The van der Waals surface area contributed by atoms with Crippen LogP contribution in [-0.2, 0) is 16.0 Å². The summed E-state index contributed by atoms with van der Waals surface area (Å²) < 4.78 is 0. The summed E-state index contributed by atoms with van der Waals surface area (Å²) in [7, 11) is 0. The van der Waals surface area contributed by atoms with Gasteiger partial charge in [0.1, 0.15) is 6.04 Å².